The molecule has 1 amide bonds. The Morgan fingerprint density at radius 2 is 1.97 bits per heavy atom. The lowest BCUT2D eigenvalue weighted by molar-refractivity contribution is 0.102. The lowest BCUT2D eigenvalue weighted by atomic mass is 10.1. The lowest BCUT2D eigenvalue weighted by Crippen LogP contribution is -2.14. The third-order valence-electron chi connectivity index (χ3n) is 5.08. The number of amides is 1. The van der Waals surface area contributed by atoms with Gasteiger partial charge in [-0.15, -0.1) is 0 Å². The summed E-state index contributed by atoms with van der Waals surface area (Å²) in [5.41, 5.74) is 3.84. The second kappa shape index (κ2) is 7.56. The summed E-state index contributed by atoms with van der Waals surface area (Å²) >= 11 is 0. The smallest absolute Gasteiger partial charge is 0.256 e. The number of hydrogen-bond donors (Lipinski definition) is 1. The summed E-state index contributed by atoms with van der Waals surface area (Å²) in [6.45, 7) is 3.95. The number of fused-ring (bicyclic) bond motifs is 1. The Balaban J connectivity index is 1.63. The van der Waals surface area contributed by atoms with Gasteiger partial charge in [0.15, 0.2) is 11.4 Å². The molecule has 5 rings (SSSR count). The highest BCUT2D eigenvalue weighted by Crippen LogP contribution is 2.27. The Morgan fingerprint density at radius 3 is 2.68 bits per heavy atom. The zero-order chi connectivity index (χ0) is 21.4. The maximum absolute atomic E-state index is 13.3. The number of hydrogen-bond acceptors (Lipinski definition) is 6. The number of benzene rings is 1. The fourth-order valence-corrected chi connectivity index (χ4v) is 3.50. The first-order valence-corrected chi connectivity index (χ1v) is 9.79. The van der Waals surface area contributed by atoms with Gasteiger partial charge in [0.05, 0.1) is 29.1 Å². The van der Waals surface area contributed by atoms with E-state index in [4.69, 9.17) is 13.9 Å². The van der Waals surface area contributed by atoms with E-state index >= 15 is 0 Å². The Bertz CT molecular complexity index is 1350. The maximum Gasteiger partial charge on any atom is 0.256 e. The molecular weight excluding hydrogens is 394 g/mol. The van der Waals surface area contributed by atoms with Gasteiger partial charge in [-0.05, 0) is 32.0 Å². The highest BCUT2D eigenvalue weighted by molar-refractivity contribution is 6.13. The third kappa shape index (κ3) is 3.48. The average Bonchev–Trinajstić information content (AvgIpc) is 3.52. The molecule has 154 valence electrons. The SMILES string of the molecule is Cc1noc(C)c1NC(=O)c1cc(-c2ccccc2)nc2c1cnn2Cc1ccco1. The van der Waals surface area contributed by atoms with Crippen LogP contribution in [0.25, 0.3) is 22.3 Å². The lowest BCUT2D eigenvalue weighted by Gasteiger charge is -2.09. The molecule has 5 aromatic rings. The molecule has 1 N–H and O–H groups in total. The molecule has 4 aromatic heterocycles. The Labute approximate surface area is 177 Å². The summed E-state index contributed by atoms with van der Waals surface area (Å²) in [5, 5.41) is 11.9. The van der Waals surface area contributed by atoms with E-state index in [9.17, 15) is 4.79 Å². The number of nitrogens with one attached hydrogen (secondary N) is 1. The highest BCUT2D eigenvalue weighted by Gasteiger charge is 2.20. The molecule has 0 aliphatic carbocycles. The van der Waals surface area contributed by atoms with Gasteiger partial charge in [-0.25, -0.2) is 9.67 Å². The molecule has 0 radical (unpaired) electrons. The number of nitrogens with zero attached hydrogens (tertiary/aromatic N) is 4. The van der Waals surface area contributed by atoms with Crippen molar-refractivity contribution >= 4 is 22.6 Å². The normalized spacial score (nSPS) is 11.2. The van der Waals surface area contributed by atoms with Crippen LogP contribution >= 0.6 is 0 Å². The molecule has 0 fully saturated rings. The molecule has 0 unspecified atom stereocenters. The second-order valence-corrected chi connectivity index (χ2v) is 7.19. The van der Waals surface area contributed by atoms with E-state index in [1.807, 2.05) is 42.5 Å². The molecule has 0 atom stereocenters. The van der Waals surface area contributed by atoms with E-state index in [-0.39, 0.29) is 5.91 Å². The second-order valence-electron chi connectivity index (χ2n) is 7.19. The summed E-state index contributed by atoms with van der Waals surface area (Å²) < 4.78 is 12.4. The van der Waals surface area contributed by atoms with Crippen LogP contribution in [-0.2, 0) is 6.54 Å². The van der Waals surface area contributed by atoms with E-state index < -0.39 is 0 Å². The van der Waals surface area contributed by atoms with Gasteiger partial charge in [-0.2, -0.15) is 5.10 Å². The summed E-state index contributed by atoms with van der Waals surface area (Å²) in [6, 6.07) is 15.2. The largest absolute Gasteiger partial charge is 0.467 e. The predicted molar refractivity (Wildman–Crippen MR) is 115 cm³/mol. The van der Waals surface area contributed by atoms with Crippen molar-refractivity contribution in [3.8, 4) is 11.3 Å². The van der Waals surface area contributed by atoms with Crippen molar-refractivity contribution in [1.29, 1.82) is 0 Å². The van der Waals surface area contributed by atoms with E-state index in [0.717, 1.165) is 11.3 Å². The molecule has 0 aliphatic heterocycles. The van der Waals surface area contributed by atoms with Crippen molar-refractivity contribution in [3.63, 3.8) is 0 Å². The van der Waals surface area contributed by atoms with Crippen LogP contribution in [0.1, 0.15) is 27.6 Å². The topological polar surface area (TPSA) is 99.0 Å². The van der Waals surface area contributed by atoms with Crippen molar-refractivity contribution in [2.24, 2.45) is 0 Å². The highest BCUT2D eigenvalue weighted by atomic mass is 16.5. The van der Waals surface area contributed by atoms with Gasteiger partial charge in [0.1, 0.15) is 23.7 Å². The number of anilines is 1. The molecule has 8 heteroatoms. The van der Waals surface area contributed by atoms with Crippen LogP contribution in [0, 0.1) is 13.8 Å². The van der Waals surface area contributed by atoms with Gasteiger partial charge in [0.25, 0.3) is 5.91 Å². The van der Waals surface area contributed by atoms with Gasteiger partial charge >= 0.3 is 0 Å². The Hall–Kier alpha value is -4.20. The predicted octanol–water partition coefficient (Wildman–Crippen LogP) is 4.60. The number of aromatic nitrogens is 4. The average molecular weight is 413 g/mol. The van der Waals surface area contributed by atoms with Gasteiger partial charge in [-0.3, -0.25) is 4.79 Å². The van der Waals surface area contributed by atoms with Crippen molar-refractivity contribution in [1.82, 2.24) is 19.9 Å². The van der Waals surface area contributed by atoms with Crippen LogP contribution in [0.2, 0.25) is 0 Å². The van der Waals surface area contributed by atoms with Gasteiger partial charge in [-0.1, -0.05) is 35.5 Å². The van der Waals surface area contributed by atoms with E-state index in [1.165, 1.54) is 0 Å². The third-order valence-corrected chi connectivity index (χ3v) is 5.08. The molecule has 8 nitrogen and oxygen atoms in total. The molecule has 31 heavy (non-hydrogen) atoms. The monoisotopic (exact) mass is 413 g/mol. The minimum Gasteiger partial charge on any atom is -0.467 e. The molecule has 0 bridgehead atoms. The number of aryl methyl sites for hydroxylation is 2. The zero-order valence-electron chi connectivity index (χ0n) is 17.0. The van der Waals surface area contributed by atoms with Crippen LogP contribution in [0.15, 0.2) is 69.9 Å². The summed E-state index contributed by atoms with van der Waals surface area (Å²) in [7, 11) is 0. The van der Waals surface area contributed by atoms with E-state index in [1.54, 1.807) is 37.1 Å². The number of carbonyl (C=O) groups is 1. The van der Waals surface area contributed by atoms with Crippen LogP contribution in [0.3, 0.4) is 0 Å². The molecule has 0 saturated heterocycles. The quantitative estimate of drug-likeness (QED) is 0.452. The van der Waals surface area contributed by atoms with Gasteiger partial charge < -0.3 is 14.3 Å². The number of rotatable bonds is 5. The van der Waals surface area contributed by atoms with Crippen LogP contribution < -0.4 is 5.32 Å². The van der Waals surface area contributed by atoms with Crippen molar-refractivity contribution in [2.45, 2.75) is 20.4 Å². The molecule has 1 aromatic carbocycles. The Kier molecular flexibility index (Phi) is 4.59. The minimum absolute atomic E-state index is 0.281. The van der Waals surface area contributed by atoms with Gasteiger partial charge in [0.2, 0.25) is 0 Å². The molecular formula is C23H19N5O3. The van der Waals surface area contributed by atoms with E-state index in [2.05, 4.69) is 15.6 Å². The molecule has 4 heterocycles. The standard InChI is InChI=1S/C23H19N5O3/c1-14-21(15(2)31-27-14)26-23(29)18-11-20(16-7-4-3-5-8-16)25-22-19(18)12-24-28(22)13-17-9-6-10-30-17/h3-12H,13H2,1-2H3,(H,26,29). The van der Waals surface area contributed by atoms with E-state index in [0.29, 0.717) is 46.0 Å². The van der Waals surface area contributed by atoms with Gasteiger partial charge in [0, 0.05) is 5.56 Å². The summed E-state index contributed by atoms with van der Waals surface area (Å²) in [5.74, 6) is 1.02. The zero-order valence-corrected chi connectivity index (χ0v) is 17.0. The number of pyridine rings is 1. The van der Waals surface area contributed by atoms with Crippen molar-refractivity contribution < 1.29 is 13.7 Å². The first-order chi connectivity index (χ1) is 15.1. The maximum atomic E-state index is 13.3. The van der Waals surface area contributed by atoms with Crippen molar-refractivity contribution in [3.05, 3.63) is 83.8 Å². The number of furan rings is 1. The number of carbonyl (C=O) groups excluding carboxylic acids is 1. The Morgan fingerprint density at radius 1 is 1.13 bits per heavy atom. The van der Waals surface area contributed by atoms with Crippen LogP contribution in [-0.4, -0.2) is 25.8 Å². The fourth-order valence-electron chi connectivity index (χ4n) is 3.50. The van der Waals surface area contributed by atoms with Crippen molar-refractivity contribution in [2.75, 3.05) is 5.32 Å². The molecule has 0 aliphatic rings. The van der Waals surface area contributed by atoms with Crippen LogP contribution in [0.4, 0.5) is 5.69 Å². The first-order valence-electron chi connectivity index (χ1n) is 9.79. The molecule has 0 spiro atoms. The fraction of sp³-hybridized carbons (Fsp3) is 0.130. The molecule has 0 saturated carbocycles. The summed E-state index contributed by atoms with van der Waals surface area (Å²) in [4.78, 5) is 18.1. The first kappa shape index (κ1) is 18.8. The summed E-state index contributed by atoms with van der Waals surface area (Å²) in [6.07, 6.45) is 3.27. The minimum atomic E-state index is -0.281. The van der Waals surface area contributed by atoms with Crippen LogP contribution in [0.5, 0.6) is 0 Å².